The molecule has 0 spiro atoms. The minimum atomic E-state index is -0.000356. The standard InChI is InChI=1S/C37H26/c1-37-24-12-7-18-31(37)30-21-23-20-29-26-15-6-5-14-25(26)27-16-9-17-28(35(27)29)33(23)34(22-10-3-2-4-11-22)36(30)32(37)19-8-13-24/h2-10,12-22,24H,11H2,1H3. The Labute approximate surface area is 217 Å². The molecule has 9 rings (SSSR count). The third kappa shape index (κ3) is 2.31. The third-order valence-corrected chi connectivity index (χ3v) is 9.67. The smallest absolute Gasteiger partial charge is 0.0284 e. The number of fused-ring (bicyclic) bond motifs is 8. The number of allylic oxidation sites excluding steroid dienone is 12. The number of rotatable bonds is 1. The molecule has 3 unspecified atom stereocenters. The summed E-state index contributed by atoms with van der Waals surface area (Å²) in [5.41, 5.74) is 12.9. The molecule has 0 amide bonds. The number of hydrogen-bond acceptors (Lipinski definition) is 0. The molecule has 3 atom stereocenters. The van der Waals surface area contributed by atoms with Gasteiger partial charge in [0.1, 0.15) is 0 Å². The summed E-state index contributed by atoms with van der Waals surface area (Å²) >= 11 is 0. The van der Waals surface area contributed by atoms with Crippen molar-refractivity contribution in [2.75, 3.05) is 0 Å². The van der Waals surface area contributed by atoms with Crippen LogP contribution < -0.4 is 0 Å². The van der Waals surface area contributed by atoms with Gasteiger partial charge in [0.25, 0.3) is 0 Å². The van der Waals surface area contributed by atoms with Crippen molar-refractivity contribution in [3.8, 4) is 22.3 Å². The predicted octanol–water partition coefficient (Wildman–Crippen LogP) is 9.78. The molecule has 0 bridgehead atoms. The van der Waals surface area contributed by atoms with Crippen molar-refractivity contribution in [1.29, 1.82) is 0 Å². The number of benzene rings is 4. The van der Waals surface area contributed by atoms with Crippen LogP contribution in [-0.4, -0.2) is 0 Å². The van der Waals surface area contributed by atoms with Gasteiger partial charge in [0.15, 0.2) is 0 Å². The highest BCUT2D eigenvalue weighted by atomic mass is 14.5. The van der Waals surface area contributed by atoms with Crippen LogP contribution in [0, 0.1) is 11.3 Å². The molecule has 0 nitrogen and oxygen atoms in total. The minimum Gasteiger partial charge on any atom is -0.0836 e. The van der Waals surface area contributed by atoms with E-state index >= 15 is 0 Å². The van der Waals surface area contributed by atoms with Gasteiger partial charge >= 0.3 is 0 Å². The molecule has 0 radical (unpaired) electrons. The Hall–Kier alpha value is -4.16. The van der Waals surface area contributed by atoms with Gasteiger partial charge in [0.2, 0.25) is 0 Å². The van der Waals surface area contributed by atoms with Crippen molar-refractivity contribution in [1.82, 2.24) is 0 Å². The fraction of sp³-hybridized carbons (Fsp3) is 0.135. The van der Waals surface area contributed by atoms with Gasteiger partial charge in [-0.05, 0) is 90.2 Å². The lowest BCUT2D eigenvalue weighted by Gasteiger charge is -2.38. The van der Waals surface area contributed by atoms with Gasteiger partial charge in [-0.25, -0.2) is 0 Å². The normalized spacial score (nSPS) is 25.3. The second-order valence-corrected chi connectivity index (χ2v) is 11.3. The zero-order chi connectivity index (χ0) is 24.3. The molecular formula is C37H26. The summed E-state index contributed by atoms with van der Waals surface area (Å²) in [5.74, 6) is 0.771. The van der Waals surface area contributed by atoms with E-state index < -0.39 is 0 Å². The van der Waals surface area contributed by atoms with E-state index in [1.54, 1.807) is 0 Å². The first-order valence-electron chi connectivity index (χ1n) is 13.5. The summed E-state index contributed by atoms with van der Waals surface area (Å²) in [4.78, 5) is 0. The average Bonchev–Trinajstić information content (AvgIpc) is 3.39. The van der Waals surface area contributed by atoms with Crippen LogP contribution >= 0.6 is 0 Å². The van der Waals surface area contributed by atoms with Gasteiger partial charge in [0.05, 0.1) is 0 Å². The maximum absolute atomic E-state index is 2.52. The molecular weight excluding hydrogens is 444 g/mol. The van der Waals surface area contributed by atoms with Crippen molar-refractivity contribution >= 4 is 32.7 Å². The Bertz CT molecular complexity index is 1920. The summed E-state index contributed by atoms with van der Waals surface area (Å²) < 4.78 is 0. The van der Waals surface area contributed by atoms with E-state index in [9.17, 15) is 0 Å². The molecule has 37 heavy (non-hydrogen) atoms. The van der Waals surface area contributed by atoms with E-state index in [-0.39, 0.29) is 5.41 Å². The van der Waals surface area contributed by atoms with Gasteiger partial charge in [-0.1, -0.05) is 110 Å². The highest BCUT2D eigenvalue weighted by Gasteiger charge is 2.49. The van der Waals surface area contributed by atoms with E-state index in [0.717, 1.165) is 6.42 Å². The van der Waals surface area contributed by atoms with Crippen molar-refractivity contribution in [3.05, 3.63) is 132 Å². The highest BCUT2D eigenvalue weighted by Crippen LogP contribution is 2.64. The first-order chi connectivity index (χ1) is 18.2. The molecule has 0 heterocycles. The van der Waals surface area contributed by atoms with Crippen LogP contribution in [0.2, 0.25) is 0 Å². The molecule has 4 aromatic carbocycles. The molecule has 0 saturated heterocycles. The molecule has 5 aliphatic carbocycles. The van der Waals surface area contributed by atoms with Gasteiger partial charge < -0.3 is 0 Å². The molecule has 0 aromatic heterocycles. The van der Waals surface area contributed by atoms with E-state index in [0.29, 0.717) is 11.8 Å². The van der Waals surface area contributed by atoms with Gasteiger partial charge in [0, 0.05) is 17.3 Å². The van der Waals surface area contributed by atoms with Crippen LogP contribution in [0.3, 0.4) is 0 Å². The first kappa shape index (κ1) is 20.0. The van der Waals surface area contributed by atoms with Crippen LogP contribution in [0.25, 0.3) is 54.9 Å². The van der Waals surface area contributed by atoms with E-state index in [1.807, 2.05) is 0 Å². The summed E-state index contributed by atoms with van der Waals surface area (Å²) in [6, 6.07) is 20.9. The highest BCUT2D eigenvalue weighted by molar-refractivity contribution is 6.25. The molecule has 174 valence electrons. The van der Waals surface area contributed by atoms with Crippen molar-refractivity contribution < 1.29 is 0 Å². The topological polar surface area (TPSA) is 0 Å². The lowest BCUT2D eigenvalue weighted by atomic mass is 9.65. The monoisotopic (exact) mass is 470 g/mol. The quantitative estimate of drug-likeness (QED) is 0.214. The van der Waals surface area contributed by atoms with Crippen molar-refractivity contribution in [3.63, 3.8) is 0 Å². The Balaban J connectivity index is 1.49. The molecule has 5 aliphatic rings. The van der Waals surface area contributed by atoms with E-state index in [2.05, 4.69) is 122 Å². The second-order valence-electron chi connectivity index (χ2n) is 11.3. The average molecular weight is 471 g/mol. The molecule has 0 heteroatoms. The zero-order valence-corrected chi connectivity index (χ0v) is 20.8. The zero-order valence-electron chi connectivity index (χ0n) is 20.8. The summed E-state index contributed by atoms with van der Waals surface area (Å²) in [7, 11) is 0. The predicted molar refractivity (Wildman–Crippen MR) is 157 cm³/mol. The Morgan fingerprint density at radius 3 is 2.24 bits per heavy atom. The third-order valence-electron chi connectivity index (χ3n) is 9.67. The van der Waals surface area contributed by atoms with Crippen LogP contribution in [0.4, 0.5) is 0 Å². The van der Waals surface area contributed by atoms with E-state index in [4.69, 9.17) is 0 Å². The van der Waals surface area contributed by atoms with Crippen molar-refractivity contribution in [2.24, 2.45) is 11.3 Å². The van der Waals surface area contributed by atoms with E-state index in [1.165, 1.54) is 71.6 Å². The molecule has 0 N–H and O–H groups in total. The maximum Gasteiger partial charge on any atom is 0.0284 e. The minimum absolute atomic E-state index is 0.000356. The molecule has 0 saturated carbocycles. The largest absolute Gasteiger partial charge is 0.0836 e. The second kappa shape index (κ2) is 6.78. The lowest BCUT2D eigenvalue weighted by Crippen LogP contribution is -2.27. The van der Waals surface area contributed by atoms with Gasteiger partial charge in [-0.15, -0.1) is 0 Å². The summed E-state index contributed by atoms with van der Waals surface area (Å²) in [6.07, 6.45) is 24.4. The maximum atomic E-state index is 2.52. The SMILES string of the molecule is CC12C3=CC=CC1C=CC=C2c1c3cc2cc3c4c(cccc4c2c1C1C=CC=CC1)-c1ccccc1-3. The van der Waals surface area contributed by atoms with Gasteiger partial charge in [-0.3, -0.25) is 0 Å². The van der Waals surface area contributed by atoms with Crippen LogP contribution in [0.5, 0.6) is 0 Å². The first-order valence-corrected chi connectivity index (χ1v) is 13.5. The number of hydrogen-bond donors (Lipinski definition) is 0. The fourth-order valence-corrected chi connectivity index (χ4v) is 8.03. The summed E-state index contributed by atoms with van der Waals surface area (Å²) in [6.45, 7) is 2.47. The Morgan fingerprint density at radius 1 is 0.676 bits per heavy atom. The molecule has 4 aromatic rings. The Kier molecular flexibility index (Phi) is 3.66. The van der Waals surface area contributed by atoms with Crippen molar-refractivity contribution in [2.45, 2.75) is 19.3 Å². The van der Waals surface area contributed by atoms with Crippen LogP contribution in [-0.2, 0) is 0 Å². The lowest BCUT2D eigenvalue weighted by molar-refractivity contribution is 0.500. The molecule has 0 aliphatic heterocycles. The fourth-order valence-electron chi connectivity index (χ4n) is 8.03. The summed E-state index contributed by atoms with van der Waals surface area (Å²) in [5, 5.41) is 5.64. The molecule has 0 fully saturated rings. The van der Waals surface area contributed by atoms with Crippen LogP contribution in [0.15, 0.2) is 115 Å². The van der Waals surface area contributed by atoms with Gasteiger partial charge in [-0.2, -0.15) is 0 Å². The Morgan fingerprint density at radius 2 is 1.43 bits per heavy atom. The van der Waals surface area contributed by atoms with Crippen LogP contribution in [0.1, 0.15) is 36.0 Å².